The van der Waals surface area contributed by atoms with Crippen molar-refractivity contribution < 1.29 is 14.2 Å². The smallest absolute Gasteiger partial charge is 0.162 e. The lowest BCUT2D eigenvalue weighted by molar-refractivity contribution is 0.210. The molecule has 0 radical (unpaired) electrons. The molecule has 0 heterocycles. The van der Waals surface area contributed by atoms with Crippen LogP contribution < -0.4 is 14.8 Å². The Bertz CT molecular complexity index is 339. The Labute approximate surface area is 96.5 Å². The van der Waals surface area contributed by atoms with Gasteiger partial charge in [-0.2, -0.15) is 0 Å². The molecule has 1 rings (SSSR count). The normalized spacial score (nSPS) is 10.0. The highest BCUT2D eigenvalue weighted by atomic mass is 16.5. The summed E-state index contributed by atoms with van der Waals surface area (Å²) in [6.07, 6.45) is 0. The van der Waals surface area contributed by atoms with Crippen LogP contribution in [0.3, 0.4) is 0 Å². The van der Waals surface area contributed by atoms with Crippen molar-refractivity contribution in [3.8, 4) is 11.5 Å². The average Bonchev–Trinajstić information content (AvgIpc) is 2.31. The fourth-order valence-electron chi connectivity index (χ4n) is 1.46. The van der Waals surface area contributed by atoms with Crippen molar-refractivity contribution in [1.82, 2.24) is 0 Å². The second-order valence-electron chi connectivity index (χ2n) is 3.44. The van der Waals surface area contributed by atoms with E-state index in [4.69, 9.17) is 14.2 Å². The average molecular weight is 225 g/mol. The Hall–Kier alpha value is -1.42. The Morgan fingerprint density at radius 1 is 1.06 bits per heavy atom. The number of hydrogen-bond acceptors (Lipinski definition) is 4. The van der Waals surface area contributed by atoms with Crippen LogP contribution in [0.25, 0.3) is 0 Å². The molecule has 0 saturated carbocycles. The molecule has 0 aliphatic rings. The molecule has 90 valence electrons. The summed E-state index contributed by atoms with van der Waals surface area (Å²) in [4.78, 5) is 0. The van der Waals surface area contributed by atoms with Gasteiger partial charge in [0.2, 0.25) is 0 Å². The van der Waals surface area contributed by atoms with Crippen LogP contribution >= 0.6 is 0 Å². The zero-order valence-corrected chi connectivity index (χ0v) is 10.3. The topological polar surface area (TPSA) is 39.7 Å². The Morgan fingerprint density at radius 2 is 1.69 bits per heavy atom. The van der Waals surface area contributed by atoms with E-state index in [0.717, 1.165) is 29.3 Å². The van der Waals surface area contributed by atoms with Crippen molar-refractivity contribution >= 4 is 5.69 Å². The summed E-state index contributed by atoms with van der Waals surface area (Å²) in [7, 11) is 4.95. The van der Waals surface area contributed by atoms with E-state index in [1.165, 1.54) is 0 Å². The Kier molecular flexibility index (Phi) is 4.92. The molecule has 0 aliphatic carbocycles. The number of methoxy groups -OCH3 is 3. The van der Waals surface area contributed by atoms with Crippen molar-refractivity contribution in [2.24, 2.45) is 0 Å². The molecule has 0 fully saturated rings. The van der Waals surface area contributed by atoms with Crippen LogP contribution in [-0.4, -0.2) is 34.5 Å². The number of nitrogens with one attached hydrogen (secondary N) is 1. The quantitative estimate of drug-likeness (QED) is 0.752. The molecule has 0 saturated heterocycles. The van der Waals surface area contributed by atoms with Crippen LogP contribution in [-0.2, 0) is 4.74 Å². The largest absolute Gasteiger partial charge is 0.493 e. The Morgan fingerprint density at radius 3 is 2.25 bits per heavy atom. The van der Waals surface area contributed by atoms with E-state index in [1.54, 1.807) is 21.3 Å². The molecule has 0 aromatic heterocycles. The van der Waals surface area contributed by atoms with Crippen molar-refractivity contribution in [3.05, 3.63) is 17.7 Å². The molecule has 0 aliphatic heterocycles. The van der Waals surface area contributed by atoms with Gasteiger partial charge in [-0.15, -0.1) is 0 Å². The van der Waals surface area contributed by atoms with Crippen molar-refractivity contribution in [1.29, 1.82) is 0 Å². The van der Waals surface area contributed by atoms with Gasteiger partial charge in [-0.05, 0) is 18.6 Å². The zero-order valence-electron chi connectivity index (χ0n) is 10.3. The molecule has 0 unspecified atom stereocenters. The number of ether oxygens (including phenoxy) is 3. The summed E-state index contributed by atoms with van der Waals surface area (Å²) in [6.45, 7) is 3.47. The van der Waals surface area contributed by atoms with E-state index in [1.807, 2.05) is 19.1 Å². The van der Waals surface area contributed by atoms with E-state index >= 15 is 0 Å². The van der Waals surface area contributed by atoms with Gasteiger partial charge in [0.1, 0.15) is 0 Å². The Balaban J connectivity index is 2.84. The molecule has 1 aromatic carbocycles. The summed E-state index contributed by atoms with van der Waals surface area (Å²) in [5.74, 6) is 1.48. The van der Waals surface area contributed by atoms with Gasteiger partial charge in [0.15, 0.2) is 11.5 Å². The van der Waals surface area contributed by atoms with Crippen molar-refractivity contribution in [2.45, 2.75) is 6.92 Å². The molecule has 4 nitrogen and oxygen atoms in total. The van der Waals surface area contributed by atoms with Crippen LogP contribution in [0.15, 0.2) is 12.1 Å². The lowest BCUT2D eigenvalue weighted by atomic mass is 10.1. The maximum atomic E-state index is 5.24. The minimum Gasteiger partial charge on any atom is -0.493 e. The highest BCUT2D eigenvalue weighted by Crippen LogP contribution is 2.32. The summed E-state index contributed by atoms with van der Waals surface area (Å²) >= 11 is 0. The van der Waals surface area contributed by atoms with E-state index in [-0.39, 0.29) is 0 Å². The summed E-state index contributed by atoms with van der Waals surface area (Å²) in [6, 6.07) is 3.89. The fourth-order valence-corrected chi connectivity index (χ4v) is 1.46. The molecule has 4 heteroatoms. The minimum absolute atomic E-state index is 0.674. The van der Waals surface area contributed by atoms with E-state index in [9.17, 15) is 0 Å². The molecular weight excluding hydrogens is 206 g/mol. The summed E-state index contributed by atoms with van der Waals surface area (Å²) < 4.78 is 15.4. The van der Waals surface area contributed by atoms with Crippen LogP contribution in [0.4, 0.5) is 5.69 Å². The maximum Gasteiger partial charge on any atom is 0.162 e. The molecule has 1 aromatic rings. The molecule has 16 heavy (non-hydrogen) atoms. The lowest BCUT2D eigenvalue weighted by Gasteiger charge is -2.14. The third-order valence-corrected chi connectivity index (χ3v) is 2.35. The van der Waals surface area contributed by atoms with E-state index in [0.29, 0.717) is 6.61 Å². The maximum absolute atomic E-state index is 5.24. The third kappa shape index (κ3) is 3.03. The second kappa shape index (κ2) is 6.23. The van der Waals surface area contributed by atoms with Gasteiger partial charge in [0, 0.05) is 25.4 Å². The van der Waals surface area contributed by atoms with Crippen molar-refractivity contribution in [3.63, 3.8) is 0 Å². The van der Waals surface area contributed by atoms with Gasteiger partial charge in [-0.25, -0.2) is 0 Å². The number of aryl methyl sites for hydroxylation is 1. The van der Waals surface area contributed by atoms with Crippen LogP contribution in [0.2, 0.25) is 0 Å². The van der Waals surface area contributed by atoms with Crippen LogP contribution in [0.1, 0.15) is 5.56 Å². The van der Waals surface area contributed by atoms with Gasteiger partial charge in [0.25, 0.3) is 0 Å². The molecule has 1 N–H and O–H groups in total. The molecular formula is C12H19NO3. The first-order valence-electron chi connectivity index (χ1n) is 5.18. The second-order valence-corrected chi connectivity index (χ2v) is 3.44. The zero-order chi connectivity index (χ0) is 12.0. The summed E-state index contributed by atoms with van der Waals surface area (Å²) in [5.41, 5.74) is 2.16. The minimum atomic E-state index is 0.674. The van der Waals surface area contributed by atoms with Gasteiger partial charge in [-0.1, -0.05) is 0 Å². The van der Waals surface area contributed by atoms with Gasteiger partial charge in [0.05, 0.1) is 20.8 Å². The molecule has 0 atom stereocenters. The third-order valence-electron chi connectivity index (χ3n) is 2.35. The predicted octanol–water partition coefficient (Wildman–Crippen LogP) is 2.07. The SMILES string of the molecule is COCCNc1cc(OC)c(OC)cc1C. The van der Waals surface area contributed by atoms with Crippen LogP contribution in [0.5, 0.6) is 11.5 Å². The van der Waals surface area contributed by atoms with Gasteiger partial charge >= 0.3 is 0 Å². The van der Waals surface area contributed by atoms with E-state index < -0.39 is 0 Å². The number of benzene rings is 1. The standard InChI is InChI=1S/C12H19NO3/c1-9-7-11(15-3)12(16-4)8-10(9)13-5-6-14-2/h7-8,13H,5-6H2,1-4H3. The summed E-state index contributed by atoms with van der Waals surface area (Å²) in [5, 5.41) is 3.28. The van der Waals surface area contributed by atoms with E-state index in [2.05, 4.69) is 5.32 Å². The number of hydrogen-bond donors (Lipinski definition) is 1. The predicted molar refractivity (Wildman–Crippen MR) is 64.6 cm³/mol. The molecule has 0 amide bonds. The highest BCUT2D eigenvalue weighted by molar-refractivity contribution is 5.60. The lowest BCUT2D eigenvalue weighted by Crippen LogP contribution is -2.08. The van der Waals surface area contributed by atoms with Gasteiger partial charge in [-0.3, -0.25) is 0 Å². The number of rotatable bonds is 6. The van der Waals surface area contributed by atoms with Gasteiger partial charge < -0.3 is 19.5 Å². The first-order valence-corrected chi connectivity index (χ1v) is 5.18. The van der Waals surface area contributed by atoms with Crippen molar-refractivity contribution in [2.75, 3.05) is 39.8 Å². The molecule has 0 bridgehead atoms. The molecule has 0 spiro atoms. The number of anilines is 1. The first-order chi connectivity index (χ1) is 7.72. The monoisotopic (exact) mass is 225 g/mol. The van der Waals surface area contributed by atoms with Crippen LogP contribution in [0, 0.1) is 6.92 Å². The first kappa shape index (κ1) is 12.6. The fraction of sp³-hybridized carbons (Fsp3) is 0.500. The highest BCUT2D eigenvalue weighted by Gasteiger charge is 2.07.